The van der Waals surface area contributed by atoms with Gasteiger partial charge in [0.25, 0.3) is 0 Å². The molecule has 15 heteroatoms. The number of rotatable bonds is 0. The van der Waals surface area contributed by atoms with E-state index in [-0.39, 0.29) is 0 Å². The van der Waals surface area contributed by atoms with Gasteiger partial charge in [0, 0.05) is 31.2 Å². The Morgan fingerprint density at radius 2 is 0.400 bits per heavy atom. The van der Waals surface area contributed by atoms with Crippen molar-refractivity contribution < 1.29 is 52.6 Å². The van der Waals surface area contributed by atoms with Crippen LogP contribution < -0.4 is 0 Å². The Balaban J connectivity index is -0.000000144. The molecule has 0 atom stereocenters. The standard InChI is InChI=1S/3H2O4S/c3*1-5(2,3)4/h3*(H2,1,2,3,4)/p-6. The molecule has 0 aliphatic heterocycles. The van der Waals surface area contributed by atoms with Gasteiger partial charge in [-0.3, -0.25) is 25.3 Å². The van der Waals surface area contributed by atoms with E-state index in [4.69, 9.17) is 52.6 Å². The predicted octanol–water partition coefficient (Wildman–Crippen LogP) is -4.01. The molecule has 15 heavy (non-hydrogen) atoms. The second-order valence-electron chi connectivity index (χ2n) is 1.22. The topological polar surface area (TPSA) is 241 Å². The molecule has 0 amide bonds. The van der Waals surface area contributed by atoms with E-state index in [2.05, 4.69) is 0 Å². The molecule has 0 rings (SSSR count). The average molecular weight is 288 g/mol. The van der Waals surface area contributed by atoms with Crippen LogP contribution in [0.15, 0.2) is 0 Å². The lowest BCUT2D eigenvalue weighted by Crippen LogP contribution is -1.91. The van der Waals surface area contributed by atoms with Crippen molar-refractivity contribution in [2.75, 3.05) is 0 Å². The van der Waals surface area contributed by atoms with Crippen molar-refractivity contribution in [3.8, 4) is 0 Å². The lowest BCUT2D eigenvalue weighted by molar-refractivity contribution is 0.350. The predicted molar refractivity (Wildman–Crippen MR) is 31.4 cm³/mol. The highest BCUT2D eigenvalue weighted by atomic mass is 32.3. The minimum Gasteiger partial charge on any atom is -0.759 e. The number of hydrogen-bond donors (Lipinski definition) is 0. The summed E-state index contributed by atoms with van der Waals surface area (Å²) < 4.78 is 102. The summed E-state index contributed by atoms with van der Waals surface area (Å²) in [6.07, 6.45) is 0. The van der Waals surface area contributed by atoms with Crippen LogP contribution in [-0.4, -0.2) is 52.6 Å². The highest BCUT2D eigenvalue weighted by Gasteiger charge is 1.50. The van der Waals surface area contributed by atoms with Crippen LogP contribution in [0.2, 0.25) is 0 Å². The molecule has 0 aliphatic carbocycles. The first-order chi connectivity index (χ1) is 6.00. The number of hydrogen-bond acceptors (Lipinski definition) is 12. The minimum absolute atomic E-state index is 5.17. The quantitative estimate of drug-likeness (QED) is 0.305. The van der Waals surface area contributed by atoms with Gasteiger partial charge in [0.15, 0.2) is 0 Å². The van der Waals surface area contributed by atoms with E-state index in [0.29, 0.717) is 0 Å². The molecular weight excluding hydrogens is 288 g/mol. The smallest absolute Gasteiger partial charge is 0.0311 e. The van der Waals surface area contributed by atoms with Gasteiger partial charge in [-0.25, -0.2) is 0 Å². The molecule has 0 saturated carbocycles. The Kier molecular flexibility index (Phi) is 9.34. The minimum atomic E-state index is -5.17. The van der Waals surface area contributed by atoms with Gasteiger partial charge in [-0.2, -0.15) is 0 Å². The molecule has 0 spiro atoms. The third-order valence-corrected chi connectivity index (χ3v) is 0. The molecule has 0 bridgehead atoms. The van der Waals surface area contributed by atoms with Gasteiger partial charge in [0.2, 0.25) is 0 Å². The van der Waals surface area contributed by atoms with Crippen LogP contribution in [0.1, 0.15) is 0 Å². The van der Waals surface area contributed by atoms with E-state index in [1.165, 1.54) is 0 Å². The molecule has 0 radical (unpaired) electrons. The summed E-state index contributed by atoms with van der Waals surface area (Å²) in [5, 5.41) is 0. The van der Waals surface area contributed by atoms with Crippen LogP contribution in [0.5, 0.6) is 0 Å². The van der Waals surface area contributed by atoms with Crippen molar-refractivity contribution in [2.24, 2.45) is 0 Å². The van der Waals surface area contributed by atoms with Gasteiger partial charge < -0.3 is 27.3 Å². The molecule has 0 N–H and O–H groups in total. The van der Waals surface area contributed by atoms with Crippen molar-refractivity contribution in [2.45, 2.75) is 0 Å². The zero-order chi connectivity index (χ0) is 13.5. The van der Waals surface area contributed by atoms with Gasteiger partial charge in [-0.1, -0.05) is 0 Å². The molecule has 12 nitrogen and oxygen atoms in total. The average Bonchev–Trinajstić information content (AvgIpc) is 1.41. The fourth-order valence-corrected chi connectivity index (χ4v) is 0. The maximum atomic E-state index is 8.52. The fourth-order valence-electron chi connectivity index (χ4n) is 0. The lowest BCUT2D eigenvalue weighted by atomic mass is 15.8. The zero-order valence-electron chi connectivity index (χ0n) is 6.12. The molecule has 0 aromatic carbocycles. The van der Waals surface area contributed by atoms with Crippen LogP contribution in [0.4, 0.5) is 0 Å². The van der Waals surface area contributed by atoms with Crippen molar-refractivity contribution in [1.29, 1.82) is 0 Å². The third kappa shape index (κ3) is 12100. The molecule has 0 heterocycles. The van der Waals surface area contributed by atoms with Crippen molar-refractivity contribution in [1.82, 2.24) is 0 Å². The molecule has 0 saturated heterocycles. The molecule has 0 aliphatic rings. The second kappa shape index (κ2) is 6.98. The first-order valence-electron chi connectivity index (χ1n) is 2.00. The molecule has 0 aromatic rings. The highest BCUT2D eigenvalue weighted by molar-refractivity contribution is 7.80. The molecule has 0 unspecified atom stereocenters. The Hall–Kier alpha value is -0.390. The first-order valence-corrected chi connectivity index (χ1v) is 6.00. The summed E-state index contributed by atoms with van der Waals surface area (Å²) in [4.78, 5) is 0. The Morgan fingerprint density at radius 1 is 0.400 bits per heavy atom. The molecule has 96 valence electrons. The van der Waals surface area contributed by atoms with Gasteiger partial charge in [-0.15, -0.1) is 0 Å². The summed E-state index contributed by atoms with van der Waals surface area (Å²) in [5.41, 5.74) is 0. The third-order valence-electron chi connectivity index (χ3n) is 0. The van der Waals surface area contributed by atoms with E-state index in [1.54, 1.807) is 0 Å². The van der Waals surface area contributed by atoms with Crippen LogP contribution in [0.25, 0.3) is 0 Å². The van der Waals surface area contributed by atoms with Gasteiger partial charge in [0.05, 0.1) is 0 Å². The lowest BCUT2D eigenvalue weighted by Gasteiger charge is -2.06. The summed E-state index contributed by atoms with van der Waals surface area (Å²) in [5.74, 6) is 0. The Labute approximate surface area is 84.3 Å². The zero-order valence-corrected chi connectivity index (χ0v) is 8.57. The second-order valence-corrected chi connectivity index (χ2v) is 3.67. The monoisotopic (exact) mass is 288 g/mol. The molecular formula is O12S3-6. The molecule has 0 fully saturated rings. The normalized spacial score (nSPS) is 11.6. The summed E-state index contributed by atoms with van der Waals surface area (Å²) in [7, 11) is -15.5. The van der Waals surface area contributed by atoms with Crippen LogP contribution in [0, 0.1) is 0 Å². The van der Waals surface area contributed by atoms with Crippen LogP contribution in [0.3, 0.4) is 0 Å². The first kappa shape index (κ1) is 20.1. The van der Waals surface area contributed by atoms with E-state index in [0.717, 1.165) is 0 Å². The van der Waals surface area contributed by atoms with E-state index < -0.39 is 31.2 Å². The van der Waals surface area contributed by atoms with E-state index in [9.17, 15) is 0 Å². The maximum Gasteiger partial charge on any atom is 0.0311 e. The van der Waals surface area contributed by atoms with E-state index in [1.807, 2.05) is 0 Å². The van der Waals surface area contributed by atoms with Crippen molar-refractivity contribution in [3.63, 3.8) is 0 Å². The fraction of sp³-hybridized carbons (Fsp3) is 0. The highest BCUT2D eigenvalue weighted by Crippen LogP contribution is 1.58. The SMILES string of the molecule is O=S(=O)([O-])[O-].O=S(=O)([O-])[O-].O=S(=O)([O-])[O-]. The van der Waals surface area contributed by atoms with Gasteiger partial charge >= 0.3 is 0 Å². The van der Waals surface area contributed by atoms with Crippen LogP contribution >= 0.6 is 0 Å². The Bertz CT molecular complexity index is 332. The summed E-state index contributed by atoms with van der Waals surface area (Å²) in [6, 6.07) is 0. The largest absolute Gasteiger partial charge is 0.759 e. The van der Waals surface area contributed by atoms with Gasteiger partial charge in [-0.05, 0) is 0 Å². The van der Waals surface area contributed by atoms with Crippen molar-refractivity contribution in [3.05, 3.63) is 0 Å². The van der Waals surface area contributed by atoms with Gasteiger partial charge in [0.1, 0.15) is 0 Å². The summed E-state index contributed by atoms with van der Waals surface area (Å²) in [6.45, 7) is 0. The Morgan fingerprint density at radius 3 is 0.400 bits per heavy atom. The van der Waals surface area contributed by atoms with E-state index >= 15 is 0 Å². The van der Waals surface area contributed by atoms with Crippen molar-refractivity contribution >= 4 is 31.2 Å². The van der Waals surface area contributed by atoms with Crippen LogP contribution in [-0.2, 0) is 31.2 Å². The summed E-state index contributed by atoms with van der Waals surface area (Å²) >= 11 is 0. The molecule has 0 aromatic heterocycles. The maximum absolute atomic E-state index is 8.52.